The molecule has 0 aliphatic carbocycles. The Hall–Kier alpha value is -0.170. The van der Waals surface area contributed by atoms with Gasteiger partial charge in [0.05, 0.1) is 17.4 Å². The van der Waals surface area contributed by atoms with Gasteiger partial charge in [-0.3, -0.25) is 0 Å². The summed E-state index contributed by atoms with van der Waals surface area (Å²) in [5.41, 5.74) is -0.445. The van der Waals surface area contributed by atoms with Gasteiger partial charge in [0.2, 0.25) is 10.0 Å². The lowest BCUT2D eigenvalue weighted by Gasteiger charge is -2.34. The second kappa shape index (κ2) is 5.44. The van der Waals surface area contributed by atoms with Gasteiger partial charge in [0.1, 0.15) is 0 Å². The molecule has 6 heteroatoms. The molecule has 0 aromatic carbocycles. The van der Waals surface area contributed by atoms with Crippen molar-refractivity contribution in [2.45, 2.75) is 37.5 Å². The monoisotopic (exact) mass is 250 g/mol. The Bertz CT molecular complexity index is 310. The van der Waals surface area contributed by atoms with Crippen LogP contribution in [0.4, 0.5) is 0 Å². The van der Waals surface area contributed by atoms with Gasteiger partial charge in [-0.15, -0.1) is 0 Å². The topological polar surface area (TPSA) is 67.4 Å². The van der Waals surface area contributed by atoms with Crippen LogP contribution in [0.3, 0.4) is 0 Å². The molecule has 2 unspecified atom stereocenters. The fourth-order valence-electron chi connectivity index (χ4n) is 1.86. The van der Waals surface area contributed by atoms with Gasteiger partial charge in [-0.2, -0.15) is 0 Å². The minimum Gasteiger partial charge on any atom is -0.380 e. The standard InChI is InChI=1S/C10H22N2O3S/c1-9(7-11-3)16(13,14)12-10(2)5-4-6-15-8-10/h9,11-12H,4-8H2,1-3H3. The summed E-state index contributed by atoms with van der Waals surface area (Å²) in [6.45, 7) is 5.23. The van der Waals surface area contributed by atoms with Crippen LogP contribution in [-0.2, 0) is 14.8 Å². The van der Waals surface area contributed by atoms with Crippen molar-refractivity contribution >= 4 is 10.0 Å². The molecule has 0 aromatic rings. The Morgan fingerprint density at radius 1 is 1.50 bits per heavy atom. The molecule has 0 bridgehead atoms. The van der Waals surface area contributed by atoms with Gasteiger partial charge < -0.3 is 10.1 Å². The van der Waals surface area contributed by atoms with Gasteiger partial charge in [0, 0.05) is 13.2 Å². The van der Waals surface area contributed by atoms with Crippen LogP contribution in [0.2, 0.25) is 0 Å². The van der Waals surface area contributed by atoms with Crippen LogP contribution < -0.4 is 10.0 Å². The summed E-state index contributed by atoms with van der Waals surface area (Å²) in [4.78, 5) is 0. The number of ether oxygens (including phenoxy) is 1. The Balaban J connectivity index is 2.63. The summed E-state index contributed by atoms with van der Waals surface area (Å²) in [7, 11) is -1.53. The second-order valence-electron chi connectivity index (χ2n) is 4.73. The summed E-state index contributed by atoms with van der Waals surface area (Å²) in [6.07, 6.45) is 1.73. The maximum atomic E-state index is 12.0. The zero-order valence-electron chi connectivity index (χ0n) is 10.2. The van der Waals surface area contributed by atoms with E-state index in [1.807, 2.05) is 6.92 Å². The molecule has 0 saturated carbocycles. The molecule has 0 aromatic heterocycles. The molecule has 1 heterocycles. The molecular formula is C10H22N2O3S. The number of nitrogens with one attached hydrogen (secondary N) is 2. The van der Waals surface area contributed by atoms with Crippen molar-refractivity contribution in [1.29, 1.82) is 0 Å². The number of hydrogen-bond donors (Lipinski definition) is 2. The van der Waals surface area contributed by atoms with Crippen LogP contribution in [-0.4, -0.2) is 46.0 Å². The Morgan fingerprint density at radius 2 is 2.19 bits per heavy atom. The van der Waals surface area contributed by atoms with Gasteiger partial charge >= 0.3 is 0 Å². The van der Waals surface area contributed by atoms with Crippen molar-refractivity contribution in [3.05, 3.63) is 0 Å². The fourth-order valence-corrected chi connectivity index (χ4v) is 3.29. The number of rotatable bonds is 5. The molecule has 2 atom stereocenters. The van der Waals surface area contributed by atoms with E-state index < -0.39 is 20.8 Å². The quantitative estimate of drug-likeness (QED) is 0.725. The summed E-state index contributed by atoms with van der Waals surface area (Å²) in [5, 5.41) is 2.44. The summed E-state index contributed by atoms with van der Waals surface area (Å²) in [5.74, 6) is 0. The molecule has 1 fully saturated rings. The van der Waals surface area contributed by atoms with Crippen molar-refractivity contribution < 1.29 is 13.2 Å². The van der Waals surface area contributed by atoms with Gasteiger partial charge in [0.25, 0.3) is 0 Å². The third kappa shape index (κ3) is 3.69. The van der Waals surface area contributed by atoms with Crippen molar-refractivity contribution in [1.82, 2.24) is 10.0 Å². The average Bonchev–Trinajstić information content (AvgIpc) is 2.17. The van der Waals surface area contributed by atoms with E-state index in [1.165, 1.54) is 0 Å². The first-order chi connectivity index (χ1) is 7.40. The Kier molecular flexibility index (Phi) is 4.73. The largest absolute Gasteiger partial charge is 0.380 e. The third-order valence-corrected chi connectivity index (χ3v) is 4.85. The van der Waals surface area contributed by atoms with E-state index >= 15 is 0 Å². The second-order valence-corrected chi connectivity index (χ2v) is 6.83. The maximum absolute atomic E-state index is 12.0. The van der Waals surface area contributed by atoms with Gasteiger partial charge in [-0.25, -0.2) is 13.1 Å². The highest BCUT2D eigenvalue weighted by Crippen LogP contribution is 2.20. The molecule has 0 radical (unpaired) electrons. The zero-order valence-corrected chi connectivity index (χ0v) is 11.1. The van der Waals surface area contributed by atoms with E-state index in [-0.39, 0.29) is 0 Å². The van der Waals surface area contributed by atoms with Gasteiger partial charge in [-0.05, 0) is 33.7 Å². The lowest BCUT2D eigenvalue weighted by Crippen LogP contribution is -2.54. The summed E-state index contributed by atoms with van der Waals surface area (Å²) in [6, 6.07) is 0. The number of sulfonamides is 1. The predicted molar refractivity (Wildman–Crippen MR) is 63.9 cm³/mol. The van der Waals surface area contributed by atoms with E-state index in [1.54, 1.807) is 14.0 Å². The first-order valence-electron chi connectivity index (χ1n) is 5.65. The van der Waals surface area contributed by atoms with E-state index in [2.05, 4.69) is 10.0 Å². The van der Waals surface area contributed by atoms with E-state index in [9.17, 15) is 8.42 Å². The molecule has 5 nitrogen and oxygen atoms in total. The number of hydrogen-bond acceptors (Lipinski definition) is 4. The molecule has 16 heavy (non-hydrogen) atoms. The highest BCUT2D eigenvalue weighted by molar-refractivity contribution is 7.90. The maximum Gasteiger partial charge on any atom is 0.216 e. The van der Waals surface area contributed by atoms with E-state index in [0.717, 1.165) is 19.4 Å². The van der Waals surface area contributed by atoms with Crippen LogP contribution in [0.15, 0.2) is 0 Å². The molecule has 2 N–H and O–H groups in total. The van der Waals surface area contributed by atoms with Crippen LogP contribution in [0, 0.1) is 0 Å². The zero-order chi connectivity index (χ0) is 12.2. The highest BCUT2D eigenvalue weighted by atomic mass is 32.2. The molecule has 1 saturated heterocycles. The predicted octanol–water partition coefficient (Wildman–Crippen LogP) is 0.0828. The molecule has 1 rings (SSSR count). The van der Waals surface area contributed by atoms with Crippen LogP contribution in [0.25, 0.3) is 0 Å². The van der Waals surface area contributed by atoms with Crippen LogP contribution in [0.5, 0.6) is 0 Å². The summed E-state index contributed by atoms with van der Waals surface area (Å²) >= 11 is 0. The Morgan fingerprint density at radius 3 is 2.69 bits per heavy atom. The molecule has 1 aliphatic rings. The average molecular weight is 250 g/mol. The van der Waals surface area contributed by atoms with E-state index in [4.69, 9.17) is 4.74 Å². The van der Waals surface area contributed by atoms with Crippen LogP contribution >= 0.6 is 0 Å². The fraction of sp³-hybridized carbons (Fsp3) is 1.00. The highest BCUT2D eigenvalue weighted by Gasteiger charge is 2.34. The molecular weight excluding hydrogens is 228 g/mol. The van der Waals surface area contributed by atoms with E-state index in [0.29, 0.717) is 13.2 Å². The van der Waals surface area contributed by atoms with Crippen molar-refractivity contribution in [2.24, 2.45) is 0 Å². The van der Waals surface area contributed by atoms with Crippen molar-refractivity contribution in [3.63, 3.8) is 0 Å². The third-order valence-electron chi connectivity index (χ3n) is 2.85. The lowest BCUT2D eigenvalue weighted by molar-refractivity contribution is 0.0385. The molecule has 1 aliphatic heterocycles. The van der Waals surface area contributed by atoms with Crippen LogP contribution in [0.1, 0.15) is 26.7 Å². The molecule has 96 valence electrons. The molecule has 0 spiro atoms. The first-order valence-corrected chi connectivity index (χ1v) is 7.19. The van der Waals surface area contributed by atoms with Gasteiger partial charge in [-0.1, -0.05) is 0 Å². The first kappa shape index (κ1) is 13.9. The SMILES string of the molecule is CNCC(C)S(=O)(=O)NC1(C)CCCOC1. The normalized spacial score (nSPS) is 28.9. The summed E-state index contributed by atoms with van der Waals surface area (Å²) < 4.78 is 32.1. The lowest BCUT2D eigenvalue weighted by atomic mass is 9.97. The minimum atomic E-state index is -3.27. The smallest absolute Gasteiger partial charge is 0.216 e. The van der Waals surface area contributed by atoms with Crippen molar-refractivity contribution in [2.75, 3.05) is 26.8 Å². The van der Waals surface area contributed by atoms with Crippen molar-refractivity contribution in [3.8, 4) is 0 Å². The molecule has 0 amide bonds. The Labute approximate surface area is 98.0 Å². The minimum absolute atomic E-state index is 0.434. The van der Waals surface area contributed by atoms with Gasteiger partial charge in [0.15, 0.2) is 0 Å².